The van der Waals surface area contributed by atoms with E-state index in [-0.39, 0.29) is 5.92 Å². The number of hydrogen-bond donors (Lipinski definition) is 2. The molecule has 4 heteroatoms. The summed E-state index contributed by atoms with van der Waals surface area (Å²) in [5.41, 5.74) is 0. The van der Waals surface area contributed by atoms with Crippen LogP contribution in [-0.4, -0.2) is 32.3 Å². The van der Waals surface area contributed by atoms with Crippen LogP contribution in [0.15, 0.2) is 24.3 Å². The van der Waals surface area contributed by atoms with Gasteiger partial charge in [-0.2, -0.15) is 0 Å². The highest BCUT2D eigenvalue weighted by atomic mass is 32.3. The Kier molecular flexibility index (Phi) is 4.19. The van der Waals surface area contributed by atoms with Crippen molar-refractivity contribution in [3.63, 3.8) is 0 Å². The van der Waals surface area contributed by atoms with Crippen LogP contribution in [0.5, 0.6) is 0 Å². The van der Waals surface area contributed by atoms with Crippen LogP contribution in [0.2, 0.25) is 0 Å². The number of nitrogens with zero attached hydrogens (tertiary/aromatic N) is 1. The van der Waals surface area contributed by atoms with Crippen molar-refractivity contribution in [3.8, 4) is 0 Å². The van der Waals surface area contributed by atoms with E-state index in [2.05, 4.69) is 0 Å². The molecule has 0 amide bonds. The van der Waals surface area contributed by atoms with Gasteiger partial charge in [0.25, 0.3) is 0 Å². The average molecular weight is 217 g/mol. The summed E-state index contributed by atoms with van der Waals surface area (Å²) in [6.45, 7) is 5.38. The molecule has 1 heterocycles. The molecular weight excluding hydrogens is 198 g/mol. The molecule has 0 aliphatic carbocycles. The van der Waals surface area contributed by atoms with Crippen LogP contribution in [0, 0.1) is 5.92 Å². The molecule has 1 fully saturated rings. The molecule has 1 saturated heterocycles. The lowest BCUT2D eigenvalue weighted by atomic mass is 10.1. The minimum atomic E-state index is -2.47. The summed E-state index contributed by atoms with van der Waals surface area (Å²) in [6.07, 6.45) is 7.94. The maximum atomic E-state index is 9.69. The molecule has 2 N–H and O–H groups in total. The first-order valence-corrected chi connectivity index (χ1v) is 6.58. The van der Waals surface area contributed by atoms with Crippen molar-refractivity contribution in [2.75, 3.05) is 18.8 Å². The maximum absolute atomic E-state index is 9.69. The van der Waals surface area contributed by atoms with Gasteiger partial charge < -0.3 is 0 Å². The minimum Gasteiger partial charge on any atom is -0.285 e. The lowest BCUT2D eigenvalue weighted by molar-refractivity contribution is 0.382. The summed E-state index contributed by atoms with van der Waals surface area (Å²) in [4.78, 5) is 0. The Labute approximate surface area is 87.6 Å². The molecule has 0 aromatic heterocycles. The second-order valence-electron chi connectivity index (χ2n) is 3.45. The Morgan fingerprint density at radius 1 is 1.43 bits per heavy atom. The van der Waals surface area contributed by atoms with E-state index in [1.165, 1.54) is 0 Å². The number of hydrogen-bond acceptors (Lipinski definition) is 3. The number of rotatable bonds is 3. The molecule has 1 atom stereocenters. The molecule has 1 aliphatic heterocycles. The van der Waals surface area contributed by atoms with Crippen LogP contribution in [0.3, 0.4) is 0 Å². The van der Waals surface area contributed by atoms with Crippen molar-refractivity contribution in [1.82, 2.24) is 4.31 Å². The van der Waals surface area contributed by atoms with Gasteiger partial charge in [-0.15, -0.1) is 10.8 Å². The fraction of sp³-hybridized carbons (Fsp3) is 0.600. The van der Waals surface area contributed by atoms with Gasteiger partial charge >= 0.3 is 0 Å². The van der Waals surface area contributed by atoms with E-state index in [4.69, 9.17) is 0 Å². The standard InChI is InChI=1S/C10H19NO2S/c1-3-5-6-7-10-8-11(4-2)14(12,13)9-10/h3,5-7,10,12-13H,4,8-9H2,1-2H3/b5-3-,7-6-. The Balaban J connectivity index is 2.54. The van der Waals surface area contributed by atoms with E-state index >= 15 is 0 Å². The minimum absolute atomic E-state index is 0.274. The van der Waals surface area contributed by atoms with Crippen molar-refractivity contribution < 1.29 is 9.11 Å². The van der Waals surface area contributed by atoms with E-state index in [9.17, 15) is 9.11 Å². The molecule has 0 bridgehead atoms. The van der Waals surface area contributed by atoms with Gasteiger partial charge in [-0.1, -0.05) is 31.2 Å². The molecule has 0 spiro atoms. The van der Waals surface area contributed by atoms with Gasteiger partial charge in [0.15, 0.2) is 0 Å². The quantitative estimate of drug-likeness (QED) is 0.714. The lowest BCUT2D eigenvalue weighted by Gasteiger charge is -2.35. The van der Waals surface area contributed by atoms with Crippen LogP contribution in [0.1, 0.15) is 13.8 Å². The molecular formula is C10H19NO2S. The highest BCUT2D eigenvalue weighted by molar-refractivity contribution is 8.22. The summed E-state index contributed by atoms with van der Waals surface area (Å²) < 4.78 is 21.1. The molecule has 0 radical (unpaired) electrons. The van der Waals surface area contributed by atoms with Gasteiger partial charge in [0, 0.05) is 19.0 Å². The van der Waals surface area contributed by atoms with Crippen LogP contribution >= 0.6 is 10.8 Å². The van der Waals surface area contributed by atoms with Gasteiger partial charge in [0.1, 0.15) is 0 Å². The van der Waals surface area contributed by atoms with Crippen LogP contribution in [-0.2, 0) is 0 Å². The third-order valence-corrected chi connectivity index (χ3v) is 4.44. The summed E-state index contributed by atoms with van der Waals surface area (Å²) >= 11 is 0. The van der Waals surface area contributed by atoms with Crippen molar-refractivity contribution >= 4 is 10.8 Å². The van der Waals surface area contributed by atoms with Crippen molar-refractivity contribution in [3.05, 3.63) is 24.3 Å². The van der Waals surface area contributed by atoms with E-state index < -0.39 is 10.8 Å². The molecule has 14 heavy (non-hydrogen) atoms. The molecule has 1 rings (SSSR count). The summed E-state index contributed by atoms with van der Waals surface area (Å²) in [6, 6.07) is 0. The molecule has 82 valence electrons. The highest BCUT2D eigenvalue weighted by Gasteiger charge is 2.33. The van der Waals surface area contributed by atoms with E-state index in [1.54, 1.807) is 4.31 Å². The Bertz CT molecular complexity index is 238. The Morgan fingerprint density at radius 3 is 2.64 bits per heavy atom. The van der Waals surface area contributed by atoms with Gasteiger partial charge in [0.05, 0.1) is 5.75 Å². The molecule has 3 nitrogen and oxygen atoms in total. The normalized spacial score (nSPS) is 30.4. The summed E-state index contributed by atoms with van der Waals surface area (Å²) in [5, 5.41) is 0. The zero-order valence-corrected chi connectivity index (χ0v) is 9.57. The average Bonchev–Trinajstić information content (AvgIpc) is 2.41. The molecule has 1 unspecified atom stereocenters. The Morgan fingerprint density at radius 2 is 2.14 bits per heavy atom. The summed E-state index contributed by atoms with van der Waals surface area (Å²) in [7, 11) is -2.47. The largest absolute Gasteiger partial charge is 0.285 e. The second kappa shape index (κ2) is 4.98. The lowest BCUT2D eigenvalue weighted by Crippen LogP contribution is -2.22. The maximum Gasteiger partial charge on any atom is 0.0606 e. The van der Waals surface area contributed by atoms with E-state index in [0.29, 0.717) is 12.3 Å². The smallest absolute Gasteiger partial charge is 0.0606 e. The molecule has 0 aromatic carbocycles. The van der Waals surface area contributed by atoms with Gasteiger partial charge in [0.2, 0.25) is 0 Å². The third kappa shape index (κ3) is 2.85. The van der Waals surface area contributed by atoms with Gasteiger partial charge in [-0.05, 0) is 6.92 Å². The third-order valence-electron chi connectivity index (χ3n) is 2.33. The monoisotopic (exact) mass is 217 g/mol. The van der Waals surface area contributed by atoms with E-state index in [0.717, 1.165) is 6.54 Å². The van der Waals surface area contributed by atoms with Crippen molar-refractivity contribution in [2.45, 2.75) is 13.8 Å². The number of allylic oxidation sites excluding steroid dienone is 3. The second-order valence-corrected chi connectivity index (χ2v) is 5.56. The zero-order chi connectivity index (χ0) is 10.6. The molecule has 1 aliphatic rings. The van der Waals surface area contributed by atoms with Crippen molar-refractivity contribution in [1.29, 1.82) is 0 Å². The molecule has 0 saturated carbocycles. The topological polar surface area (TPSA) is 43.7 Å². The first-order chi connectivity index (χ1) is 6.60. The van der Waals surface area contributed by atoms with Crippen LogP contribution in [0.25, 0.3) is 0 Å². The SMILES string of the molecule is C/C=C\C=C/C1CN(CC)S(O)(O)C1. The fourth-order valence-electron chi connectivity index (χ4n) is 1.61. The van der Waals surface area contributed by atoms with Gasteiger partial charge in [-0.3, -0.25) is 9.11 Å². The Hall–Kier alpha value is -0.290. The predicted molar refractivity (Wildman–Crippen MR) is 62.4 cm³/mol. The van der Waals surface area contributed by atoms with E-state index in [1.807, 2.05) is 38.2 Å². The van der Waals surface area contributed by atoms with Crippen LogP contribution in [0.4, 0.5) is 0 Å². The highest BCUT2D eigenvalue weighted by Crippen LogP contribution is 2.50. The first kappa shape index (κ1) is 11.8. The fourth-order valence-corrected chi connectivity index (χ4v) is 3.46. The van der Waals surface area contributed by atoms with Crippen molar-refractivity contribution in [2.24, 2.45) is 5.92 Å². The van der Waals surface area contributed by atoms with Crippen LogP contribution < -0.4 is 0 Å². The predicted octanol–water partition coefficient (Wildman–Crippen LogP) is 2.74. The first-order valence-electron chi connectivity index (χ1n) is 4.90. The van der Waals surface area contributed by atoms with Gasteiger partial charge in [-0.25, -0.2) is 4.31 Å². The summed E-state index contributed by atoms with van der Waals surface area (Å²) in [5.74, 6) is 0.755. The zero-order valence-electron chi connectivity index (χ0n) is 8.76. The molecule has 0 aromatic rings.